The monoisotopic (exact) mass is 380 g/mol. The fourth-order valence-electron chi connectivity index (χ4n) is 4.75. The van der Waals surface area contributed by atoms with Gasteiger partial charge in [0.05, 0.1) is 0 Å². The Labute approximate surface area is 176 Å². The van der Waals surface area contributed by atoms with Crippen molar-refractivity contribution in [1.82, 2.24) is 0 Å². The molecule has 3 aromatic carbocycles. The lowest BCUT2D eigenvalue weighted by Crippen LogP contribution is -2.10. The van der Waals surface area contributed by atoms with Gasteiger partial charge in [-0.05, 0) is 74.0 Å². The molecule has 0 saturated heterocycles. The predicted molar refractivity (Wildman–Crippen MR) is 124 cm³/mol. The van der Waals surface area contributed by atoms with Crippen LogP contribution in [0.15, 0.2) is 102 Å². The fourth-order valence-corrected chi connectivity index (χ4v) is 4.75. The van der Waals surface area contributed by atoms with E-state index in [-0.39, 0.29) is 0 Å². The maximum Gasteiger partial charge on any atom is -0.0125 e. The molecule has 1 fully saturated rings. The van der Waals surface area contributed by atoms with Crippen LogP contribution in [0.25, 0.3) is 0 Å². The smallest absolute Gasteiger partial charge is 0.0125 e. The molecule has 1 atom stereocenters. The van der Waals surface area contributed by atoms with E-state index in [0.29, 0.717) is 5.92 Å². The molecule has 1 saturated carbocycles. The molecule has 3 aromatic rings. The van der Waals surface area contributed by atoms with Gasteiger partial charge in [0, 0.05) is 0 Å². The molecule has 0 aliphatic heterocycles. The van der Waals surface area contributed by atoms with Crippen molar-refractivity contribution in [3.8, 4) is 0 Å². The van der Waals surface area contributed by atoms with Crippen LogP contribution in [-0.2, 0) is 12.8 Å². The van der Waals surface area contributed by atoms with Crippen LogP contribution < -0.4 is 0 Å². The molecule has 4 rings (SSSR count). The first-order valence-electron chi connectivity index (χ1n) is 11.2. The summed E-state index contributed by atoms with van der Waals surface area (Å²) in [6, 6.07) is 33.1. The van der Waals surface area contributed by atoms with Crippen molar-refractivity contribution < 1.29 is 0 Å². The quantitative estimate of drug-likeness (QED) is 0.365. The van der Waals surface area contributed by atoms with Gasteiger partial charge in [-0.25, -0.2) is 0 Å². The zero-order valence-electron chi connectivity index (χ0n) is 17.4. The van der Waals surface area contributed by atoms with Crippen LogP contribution in [-0.4, -0.2) is 0 Å². The van der Waals surface area contributed by atoms with E-state index in [1.807, 2.05) is 0 Å². The average molecular weight is 381 g/mol. The van der Waals surface area contributed by atoms with E-state index in [2.05, 4.69) is 91.0 Å². The molecule has 0 heterocycles. The number of rotatable bonds is 7. The Balaban J connectivity index is 1.52. The van der Waals surface area contributed by atoms with Gasteiger partial charge in [-0.2, -0.15) is 0 Å². The highest BCUT2D eigenvalue weighted by Crippen LogP contribution is 2.38. The van der Waals surface area contributed by atoms with E-state index in [4.69, 9.17) is 0 Å². The molecule has 29 heavy (non-hydrogen) atoms. The first kappa shape index (κ1) is 19.7. The van der Waals surface area contributed by atoms with Crippen LogP contribution >= 0.6 is 0 Å². The number of allylic oxidation sites excluding steroid dienone is 2. The lowest BCUT2D eigenvalue weighted by atomic mass is 9.78. The molecule has 1 aliphatic carbocycles. The number of hydrogen-bond acceptors (Lipinski definition) is 0. The summed E-state index contributed by atoms with van der Waals surface area (Å²) in [6.07, 6.45) is 9.93. The van der Waals surface area contributed by atoms with Crippen molar-refractivity contribution in [2.45, 2.75) is 57.3 Å². The second-order valence-corrected chi connectivity index (χ2v) is 8.38. The SMILES string of the molecule is c1ccc(CCC(CCc2ccccc2)=C2CCCC(c3ccccc3)C2)cc1. The van der Waals surface area contributed by atoms with E-state index in [1.54, 1.807) is 11.1 Å². The highest BCUT2D eigenvalue weighted by Gasteiger charge is 2.21. The van der Waals surface area contributed by atoms with E-state index in [0.717, 1.165) is 12.8 Å². The average Bonchev–Trinajstić information content (AvgIpc) is 2.81. The maximum absolute atomic E-state index is 2.32. The Morgan fingerprint density at radius 2 is 1.17 bits per heavy atom. The minimum Gasteiger partial charge on any atom is -0.0704 e. The van der Waals surface area contributed by atoms with Crippen molar-refractivity contribution in [2.24, 2.45) is 0 Å². The first-order chi connectivity index (χ1) is 14.4. The molecule has 0 amide bonds. The highest BCUT2D eigenvalue weighted by atomic mass is 14.3. The summed E-state index contributed by atoms with van der Waals surface area (Å²) < 4.78 is 0. The topological polar surface area (TPSA) is 0 Å². The lowest BCUT2D eigenvalue weighted by molar-refractivity contribution is 0.513. The lowest BCUT2D eigenvalue weighted by Gasteiger charge is -2.27. The molecule has 0 nitrogen and oxygen atoms in total. The number of benzene rings is 3. The van der Waals surface area contributed by atoms with Crippen LogP contribution in [0.4, 0.5) is 0 Å². The zero-order chi connectivity index (χ0) is 19.7. The highest BCUT2D eigenvalue weighted by molar-refractivity contribution is 5.28. The third-order valence-corrected chi connectivity index (χ3v) is 6.41. The molecular formula is C29H32. The van der Waals surface area contributed by atoms with Gasteiger partial charge in [-0.3, -0.25) is 0 Å². The summed E-state index contributed by atoms with van der Waals surface area (Å²) in [5.41, 5.74) is 7.91. The van der Waals surface area contributed by atoms with E-state index in [1.165, 1.54) is 55.2 Å². The van der Waals surface area contributed by atoms with Crippen molar-refractivity contribution in [3.05, 3.63) is 119 Å². The standard InChI is InChI=1S/C29H32/c1-4-11-24(12-5-1)19-21-27(22-20-25-13-6-2-7-14-25)29-18-10-17-28(23-29)26-15-8-3-9-16-26/h1-9,11-16,28H,10,17-23H2. The molecule has 0 radical (unpaired) electrons. The third kappa shape index (κ3) is 5.70. The largest absolute Gasteiger partial charge is 0.0704 e. The molecule has 1 unspecified atom stereocenters. The molecule has 0 spiro atoms. The van der Waals surface area contributed by atoms with Gasteiger partial charge in [0.15, 0.2) is 0 Å². The normalized spacial score (nSPS) is 16.6. The van der Waals surface area contributed by atoms with Crippen LogP contribution in [0.3, 0.4) is 0 Å². The predicted octanol–water partition coefficient (Wildman–Crippen LogP) is 7.91. The van der Waals surface area contributed by atoms with Gasteiger partial charge in [0.2, 0.25) is 0 Å². The maximum atomic E-state index is 2.32. The Kier molecular flexibility index (Phi) is 6.97. The van der Waals surface area contributed by atoms with E-state index < -0.39 is 0 Å². The minimum atomic E-state index is 0.698. The van der Waals surface area contributed by atoms with Crippen molar-refractivity contribution in [3.63, 3.8) is 0 Å². The summed E-state index contributed by atoms with van der Waals surface area (Å²) in [7, 11) is 0. The molecular weight excluding hydrogens is 348 g/mol. The minimum absolute atomic E-state index is 0.698. The Bertz CT molecular complexity index is 845. The summed E-state index contributed by atoms with van der Waals surface area (Å²) >= 11 is 0. The van der Waals surface area contributed by atoms with Gasteiger partial charge in [0.1, 0.15) is 0 Å². The van der Waals surface area contributed by atoms with E-state index in [9.17, 15) is 0 Å². The second kappa shape index (κ2) is 10.3. The zero-order valence-corrected chi connectivity index (χ0v) is 17.4. The van der Waals surface area contributed by atoms with Gasteiger partial charge >= 0.3 is 0 Å². The van der Waals surface area contributed by atoms with Gasteiger partial charge in [0.25, 0.3) is 0 Å². The van der Waals surface area contributed by atoms with Crippen LogP contribution in [0.5, 0.6) is 0 Å². The Morgan fingerprint density at radius 3 is 1.72 bits per heavy atom. The molecule has 0 heteroatoms. The van der Waals surface area contributed by atoms with Gasteiger partial charge < -0.3 is 0 Å². The molecule has 0 aromatic heterocycles. The van der Waals surface area contributed by atoms with Crippen molar-refractivity contribution >= 4 is 0 Å². The Hall–Kier alpha value is -2.60. The fraction of sp³-hybridized carbons (Fsp3) is 0.310. The Morgan fingerprint density at radius 1 is 0.655 bits per heavy atom. The summed E-state index contributed by atoms with van der Waals surface area (Å²) in [5.74, 6) is 0.698. The third-order valence-electron chi connectivity index (χ3n) is 6.41. The summed E-state index contributed by atoms with van der Waals surface area (Å²) in [4.78, 5) is 0. The number of aryl methyl sites for hydroxylation is 2. The van der Waals surface area contributed by atoms with Gasteiger partial charge in [-0.15, -0.1) is 0 Å². The van der Waals surface area contributed by atoms with Crippen molar-refractivity contribution in [2.75, 3.05) is 0 Å². The molecule has 0 N–H and O–H groups in total. The second-order valence-electron chi connectivity index (χ2n) is 8.38. The molecule has 148 valence electrons. The van der Waals surface area contributed by atoms with Gasteiger partial charge in [-0.1, -0.05) is 102 Å². The summed E-state index contributed by atoms with van der Waals surface area (Å²) in [6.45, 7) is 0. The molecule has 1 aliphatic rings. The van der Waals surface area contributed by atoms with E-state index >= 15 is 0 Å². The van der Waals surface area contributed by atoms with Crippen LogP contribution in [0.1, 0.15) is 61.1 Å². The van der Waals surface area contributed by atoms with Crippen molar-refractivity contribution in [1.29, 1.82) is 0 Å². The number of hydrogen-bond donors (Lipinski definition) is 0. The summed E-state index contributed by atoms with van der Waals surface area (Å²) in [5, 5.41) is 0. The molecule has 0 bridgehead atoms. The first-order valence-corrected chi connectivity index (χ1v) is 11.2. The van der Waals surface area contributed by atoms with Crippen LogP contribution in [0, 0.1) is 0 Å². The van der Waals surface area contributed by atoms with Crippen LogP contribution in [0.2, 0.25) is 0 Å².